The number of carboxylic acid groups (broad SMARTS) is 1. The van der Waals surface area contributed by atoms with E-state index >= 15 is 0 Å². The molecule has 1 N–H and O–H groups in total. The standard InChI is InChI=1S/C12H8Cl2O2S2/c13-8-2-1-3-9(14)7(8)6-18-10-4-5-17-11(10)12(15)16/h1-5H,6H2,(H,15,16). The summed E-state index contributed by atoms with van der Waals surface area (Å²) in [7, 11) is 0. The minimum Gasteiger partial charge on any atom is -0.477 e. The number of hydrogen-bond donors (Lipinski definition) is 1. The van der Waals surface area contributed by atoms with Crippen molar-refractivity contribution in [3.63, 3.8) is 0 Å². The Hall–Kier alpha value is -0.680. The molecule has 0 aliphatic carbocycles. The van der Waals surface area contributed by atoms with Crippen LogP contribution in [0.15, 0.2) is 34.5 Å². The smallest absolute Gasteiger partial charge is 0.347 e. The molecule has 94 valence electrons. The van der Waals surface area contributed by atoms with Gasteiger partial charge in [0.25, 0.3) is 0 Å². The molecule has 0 aliphatic rings. The zero-order chi connectivity index (χ0) is 13.1. The molecule has 0 bridgehead atoms. The van der Waals surface area contributed by atoms with Crippen LogP contribution in [0.2, 0.25) is 10.0 Å². The number of carboxylic acids is 1. The summed E-state index contributed by atoms with van der Waals surface area (Å²) in [5, 5.41) is 12.0. The molecule has 0 unspecified atom stereocenters. The number of hydrogen-bond acceptors (Lipinski definition) is 3. The molecule has 0 radical (unpaired) electrons. The van der Waals surface area contributed by atoms with E-state index in [-0.39, 0.29) is 0 Å². The number of aromatic carboxylic acids is 1. The predicted octanol–water partition coefficient (Wildman–Crippen LogP) is 5.05. The summed E-state index contributed by atoms with van der Waals surface area (Å²) in [5.74, 6) is -0.354. The van der Waals surface area contributed by atoms with Crippen molar-refractivity contribution in [1.82, 2.24) is 0 Å². The van der Waals surface area contributed by atoms with Crippen LogP contribution < -0.4 is 0 Å². The van der Waals surface area contributed by atoms with Gasteiger partial charge in [0.05, 0.1) is 0 Å². The second-order valence-corrected chi connectivity index (χ2v) is 6.16. The van der Waals surface area contributed by atoms with Crippen molar-refractivity contribution < 1.29 is 9.90 Å². The predicted molar refractivity (Wildman–Crippen MR) is 77.3 cm³/mol. The quantitative estimate of drug-likeness (QED) is 0.802. The molecule has 0 saturated carbocycles. The van der Waals surface area contributed by atoms with Crippen molar-refractivity contribution >= 4 is 52.3 Å². The van der Waals surface area contributed by atoms with Gasteiger partial charge in [-0.05, 0) is 29.1 Å². The monoisotopic (exact) mass is 318 g/mol. The second kappa shape index (κ2) is 5.97. The summed E-state index contributed by atoms with van der Waals surface area (Å²) in [5.41, 5.74) is 0.827. The fraction of sp³-hybridized carbons (Fsp3) is 0.0833. The summed E-state index contributed by atoms with van der Waals surface area (Å²) in [6.07, 6.45) is 0. The summed E-state index contributed by atoms with van der Waals surface area (Å²) in [6.45, 7) is 0. The van der Waals surface area contributed by atoms with E-state index < -0.39 is 5.97 Å². The third kappa shape index (κ3) is 3.01. The van der Waals surface area contributed by atoms with Crippen LogP contribution in [0.5, 0.6) is 0 Å². The van der Waals surface area contributed by atoms with E-state index in [2.05, 4.69) is 0 Å². The van der Waals surface area contributed by atoms with E-state index in [1.807, 2.05) is 0 Å². The van der Waals surface area contributed by atoms with E-state index in [4.69, 9.17) is 28.3 Å². The van der Waals surface area contributed by atoms with Crippen molar-refractivity contribution in [1.29, 1.82) is 0 Å². The molecular weight excluding hydrogens is 311 g/mol. The molecule has 2 nitrogen and oxygen atoms in total. The molecule has 2 aromatic rings. The van der Waals surface area contributed by atoms with Gasteiger partial charge >= 0.3 is 5.97 Å². The van der Waals surface area contributed by atoms with E-state index in [9.17, 15) is 4.79 Å². The number of halogens is 2. The number of thioether (sulfide) groups is 1. The lowest BCUT2D eigenvalue weighted by Gasteiger charge is -2.06. The van der Waals surface area contributed by atoms with Crippen molar-refractivity contribution in [2.45, 2.75) is 10.6 Å². The van der Waals surface area contributed by atoms with Crippen molar-refractivity contribution in [3.8, 4) is 0 Å². The van der Waals surface area contributed by atoms with Gasteiger partial charge in [-0.15, -0.1) is 23.1 Å². The normalized spacial score (nSPS) is 10.6. The van der Waals surface area contributed by atoms with E-state index in [1.165, 1.54) is 23.1 Å². The van der Waals surface area contributed by atoms with Gasteiger partial charge in [-0.3, -0.25) is 0 Å². The molecule has 6 heteroatoms. The molecule has 1 heterocycles. The van der Waals surface area contributed by atoms with Crippen LogP contribution in [0.3, 0.4) is 0 Å². The highest BCUT2D eigenvalue weighted by Gasteiger charge is 2.13. The third-order valence-corrected chi connectivity index (χ3v) is 5.08. The summed E-state index contributed by atoms with van der Waals surface area (Å²) >= 11 is 14.8. The van der Waals surface area contributed by atoms with Crippen molar-refractivity contribution in [2.75, 3.05) is 0 Å². The van der Waals surface area contributed by atoms with E-state index in [1.54, 1.807) is 29.6 Å². The summed E-state index contributed by atoms with van der Waals surface area (Å²) in [4.78, 5) is 12.1. The van der Waals surface area contributed by atoms with Crippen LogP contribution in [0, 0.1) is 0 Å². The first-order chi connectivity index (χ1) is 8.59. The van der Waals surface area contributed by atoms with Crippen LogP contribution in [0.4, 0.5) is 0 Å². The molecule has 0 aliphatic heterocycles. The van der Waals surface area contributed by atoms with Gasteiger partial charge in [-0.2, -0.15) is 0 Å². The average molecular weight is 319 g/mol. The summed E-state index contributed by atoms with van der Waals surface area (Å²) < 4.78 is 0. The van der Waals surface area contributed by atoms with Crippen LogP contribution in [-0.4, -0.2) is 11.1 Å². The van der Waals surface area contributed by atoms with Crippen molar-refractivity contribution in [2.24, 2.45) is 0 Å². The largest absolute Gasteiger partial charge is 0.477 e. The molecule has 0 amide bonds. The lowest BCUT2D eigenvalue weighted by atomic mass is 10.2. The van der Waals surface area contributed by atoms with Gasteiger partial charge in [0, 0.05) is 20.7 Å². The minimum absolute atomic E-state index is 0.350. The maximum atomic E-state index is 11.0. The molecular formula is C12H8Cl2O2S2. The number of carbonyl (C=O) groups is 1. The van der Waals surface area contributed by atoms with Crippen LogP contribution in [-0.2, 0) is 5.75 Å². The van der Waals surface area contributed by atoms with Crippen molar-refractivity contribution in [3.05, 3.63) is 50.1 Å². The van der Waals surface area contributed by atoms with Gasteiger partial charge in [-0.1, -0.05) is 29.3 Å². The number of rotatable bonds is 4. The Bertz CT molecular complexity index is 561. The highest BCUT2D eigenvalue weighted by molar-refractivity contribution is 7.98. The van der Waals surface area contributed by atoms with Crippen LogP contribution >= 0.6 is 46.3 Å². The van der Waals surface area contributed by atoms with Gasteiger partial charge in [0.1, 0.15) is 4.88 Å². The maximum Gasteiger partial charge on any atom is 0.347 e. The Morgan fingerprint density at radius 2 is 1.94 bits per heavy atom. The van der Waals surface area contributed by atoms with Crippen LogP contribution in [0.1, 0.15) is 15.2 Å². The molecule has 2 rings (SSSR count). The van der Waals surface area contributed by atoms with Gasteiger partial charge in [0.2, 0.25) is 0 Å². The Kier molecular flexibility index (Phi) is 4.56. The average Bonchev–Trinajstić information content (AvgIpc) is 2.76. The van der Waals surface area contributed by atoms with Gasteiger partial charge in [-0.25, -0.2) is 4.79 Å². The lowest BCUT2D eigenvalue weighted by molar-refractivity contribution is 0.0699. The Labute approximate surface area is 123 Å². The van der Waals surface area contributed by atoms with E-state index in [0.29, 0.717) is 20.7 Å². The first-order valence-corrected chi connectivity index (χ1v) is 7.58. The number of benzene rings is 1. The fourth-order valence-electron chi connectivity index (χ4n) is 1.39. The Morgan fingerprint density at radius 3 is 2.56 bits per heavy atom. The zero-order valence-corrected chi connectivity index (χ0v) is 12.2. The highest BCUT2D eigenvalue weighted by atomic mass is 35.5. The molecule has 18 heavy (non-hydrogen) atoms. The number of thiophene rings is 1. The second-order valence-electron chi connectivity index (χ2n) is 3.41. The molecule has 0 atom stereocenters. The Morgan fingerprint density at radius 1 is 1.28 bits per heavy atom. The van der Waals surface area contributed by atoms with Crippen LogP contribution in [0.25, 0.3) is 0 Å². The zero-order valence-electron chi connectivity index (χ0n) is 9.02. The maximum absolute atomic E-state index is 11.0. The molecule has 0 saturated heterocycles. The first-order valence-electron chi connectivity index (χ1n) is 4.96. The molecule has 1 aromatic heterocycles. The summed E-state index contributed by atoms with van der Waals surface area (Å²) in [6, 6.07) is 7.12. The fourth-order valence-corrected chi connectivity index (χ4v) is 4.10. The van der Waals surface area contributed by atoms with E-state index in [0.717, 1.165) is 10.5 Å². The molecule has 0 spiro atoms. The molecule has 1 aromatic carbocycles. The third-order valence-electron chi connectivity index (χ3n) is 2.26. The topological polar surface area (TPSA) is 37.3 Å². The highest BCUT2D eigenvalue weighted by Crippen LogP contribution is 2.34. The Balaban J connectivity index is 2.17. The van der Waals surface area contributed by atoms with Gasteiger partial charge < -0.3 is 5.11 Å². The molecule has 0 fully saturated rings. The van der Waals surface area contributed by atoms with Gasteiger partial charge in [0.15, 0.2) is 0 Å². The first kappa shape index (κ1) is 13.7. The lowest BCUT2D eigenvalue weighted by Crippen LogP contribution is -1.94. The minimum atomic E-state index is -0.905. The SMILES string of the molecule is O=C(O)c1sccc1SCc1c(Cl)cccc1Cl.